The third-order valence-electron chi connectivity index (χ3n) is 6.69. The smallest absolute Gasteiger partial charge is 0.254 e. The minimum absolute atomic E-state index is 0.0508. The predicted molar refractivity (Wildman–Crippen MR) is 129 cm³/mol. The summed E-state index contributed by atoms with van der Waals surface area (Å²) in [6.45, 7) is 6.50. The highest BCUT2D eigenvalue weighted by Gasteiger charge is 2.27. The lowest BCUT2D eigenvalue weighted by Crippen LogP contribution is -2.53. The van der Waals surface area contributed by atoms with Crippen LogP contribution in [0, 0.1) is 0 Å². The summed E-state index contributed by atoms with van der Waals surface area (Å²) >= 11 is 0. The van der Waals surface area contributed by atoms with Crippen molar-refractivity contribution in [2.24, 2.45) is 0 Å². The largest absolute Gasteiger partial charge is 0.339 e. The molecule has 1 aromatic carbocycles. The number of likely N-dealkylation sites (tertiary alicyclic amines) is 1. The summed E-state index contributed by atoms with van der Waals surface area (Å²) in [5, 5.41) is 2.87. The van der Waals surface area contributed by atoms with E-state index in [-0.39, 0.29) is 17.7 Å². The zero-order chi connectivity index (χ0) is 23.9. The van der Waals surface area contributed by atoms with Gasteiger partial charge in [0.15, 0.2) is 0 Å². The van der Waals surface area contributed by atoms with Gasteiger partial charge < -0.3 is 19.7 Å². The fourth-order valence-corrected chi connectivity index (χ4v) is 4.65. The van der Waals surface area contributed by atoms with Crippen molar-refractivity contribution in [3.05, 3.63) is 48.5 Å². The molecule has 3 heterocycles. The third kappa shape index (κ3) is 6.22. The number of benzene rings is 1. The van der Waals surface area contributed by atoms with Gasteiger partial charge in [0.05, 0.1) is 12.9 Å². The van der Waals surface area contributed by atoms with Crippen LogP contribution in [0.15, 0.2) is 43.0 Å². The van der Waals surface area contributed by atoms with E-state index in [1.54, 1.807) is 36.8 Å². The highest BCUT2D eigenvalue weighted by molar-refractivity contribution is 5.97. The van der Waals surface area contributed by atoms with E-state index in [1.165, 1.54) is 6.42 Å². The van der Waals surface area contributed by atoms with E-state index in [4.69, 9.17) is 0 Å². The van der Waals surface area contributed by atoms with Crippen LogP contribution >= 0.6 is 0 Å². The number of anilines is 1. The second kappa shape index (κ2) is 11.3. The van der Waals surface area contributed by atoms with E-state index in [0.717, 1.165) is 19.4 Å². The first-order chi connectivity index (χ1) is 16.5. The number of hydrogen-bond donors (Lipinski definition) is 1. The highest BCUT2D eigenvalue weighted by atomic mass is 16.2. The van der Waals surface area contributed by atoms with Crippen LogP contribution in [0.25, 0.3) is 0 Å². The van der Waals surface area contributed by atoms with Crippen molar-refractivity contribution in [3.8, 4) is 0 Å². The molecule has 2 saturated heterocycles. The molecular formula is C25H34N6O3. The molecule has 1 N–H and O–H groups in total. The predicted octanol–water partition coefficient (Wildman–Crippen LogP) is 2.07. The Morgan fingerprint density at radius 2 is 1.91 bits per heavy atom. The average Bonchev–Trinajstić information content (AvgIpc) is 3.37. The molecule has 3 amide bonds. The van der Waals surface area contributed by atoms with Crippen LogP contribution in [-0.4, -0.2) is 87.3 Å². The molecule has 182 valence electrons. The molecule has 0 spiro atoms. The van der Waals surface area contributed by atoms with Gasteiger partial charge in [0, 0.05) is 75.4 Å². The van der Waals surface area contributed by atoms with Crippen molar-refractivity contribution in [1.82, 2.24) is 24.3 Å². The molecule has 1 atom stereocenters. The molecule has 2 aromatic rings. The second-order valence-corrected chi connectivity index (χ2v) is 9.18. The van der Waals surface area contributed by atoms with Crippen LogP contribution < -0.4 is 5.32 Å². The SMILES string of the molecule is CC1CCCCN1C(=O)CN1CCN(C(=O)c2cccc(NC(=O)CCn3ccnc3)c2)CC1. The fourth-order valence-electron chi connectivity index (χ4n) is 4.65. The topological polar surface area (TPSA) is 90.8 Å². The van der Waals surface area contributed by atoms with Gasteiger partial charge >= 0.3 is 0 Å². The highest BCUT2D eigenvalue weighted by Crippen LogP contribution is 2.18. The number of carbonyl (C=O) groups is 3. The number of piperazine rings is 1. The zero-order valence-corrected chi connectivity index (χ0v) is 19.9. The molecule has 2 aliphatic rings. The number of amides is 3. The van der Waals surface area contributed by atoms with Gasteiger partial charge in [0.25, 0.3) is 5.91 Å². The molecule has 2 aliphatic heterocycles. The number of carbonyl (C=O) groups excluding carboxylic acids is 3. The minimum atomic E-state index is -0.111. The van der Waals surface area contributed by atoms with Gasteiger partial charge in [-0.1, -0.05) is 6.07 Å². The maximum Gasteiger partial charge on any atom is 0.254 e. The van der Waals surface area contributed by atoms with Crippen molar-refractivity contribution in [2.75, 3.05) is 44.6 Å². The second-order valence-electron chi connectivity index (χ2n) is 9.18. The van der Waals surface area contributed by atoms with E-state index in [2.05, 4.69) is 22.1 Å². The molecule has 1 unspecified atom stereocenters. The summed E-state index contributed by atoms with van der Waals surface area (Å²) in [4.78, 5) is 48.0. The Hall–Kier alpha value is -3.20. The number of rotatable bonds is 7. The molecule has 0 radical (unpaired) electrons. The van der Waals surface area contributed by atoms with Gasteiger partial charge in [-0.25, -0.2) is 4.98 Å². The fraction of sp³-hybridized carbons (Fsp3) is 0.520. The van der Waals surface area contributed by atoms with Crippen LogP contribution in [0.3, 0.4) is 0 Å². The van der Waals surface area contributed by atoms with Gasteiger partial charge in [-0.3, -0.25) is 19.3 Å². The van der Waals surface area contributed by atoms with Crippen LogP contribution in [0.4, 0.5) is 5.69 Å². The van der Waals surface area contributed by atoms with Gasteiger partial charge in [-0.15, -0.1) is 0 Å². The summed E-state index contributed by atoms with van der Waals surface area (Å²) < 4.78 is 1.85. The molecule has 0 saturated carbocycles. The molecule has 0 bridgehead atoms. The Bertz CT molecular complexity index is 984. The Morgan fingerprint density at radius 1 is 1.09 bits per heavy atom. The molecular weight excluding hydrogens is 432 g/mol. The number of nitrogens with zero attached hydrogens (tertiary/aromatic N) is 5. The number of imidazole rings is 1. The Kier molecular flexibility index (Phi) is 7.95. The maximum atomic E-state index is 13.0. The van der Waals surface area contributed by atoms with Gasteiger partial charge in [0.1, 0.15) is 0 Å². The number of aryl methyl sites for hydroxylation is 1. The molecule has 9 nitrogen and oxygen atoms in total. The van der Waals surface area contributed by atoms with Crippen LogP contribution in [-0.2, 0) is 16.1 Å². The summed E-state index contributed by atoms with van der Waals surface area (Å²) in [7, 11) is 0. The molecule has 4 rings (SSSR count). The zero-order valence-electron chi connectivity index (χ0n) is 19.9. The van der Waals surface area contributed by atoms with Crippen molar-refractivity contribution < 1.29 is 14.4 Å². The minimum Gasteiger partial charge on any atom is -0.339 e. The lowest BCUT2D eigenvalue weighted by atomic mass is 10.0. The maximum absolute atomic E-state index is 13.0. The van der Waals surface area contributed by atoms with Crippen molar-refractivity contribution >= 4 is 23.4 Å². The Balaban J connectivity index is 1.25. The molecule has 1 aromatic heterocycles. The van der Waals surface area contributed by atoms with E-state index in [0.29, 0.717) is 63.0 Å². The van der Waals surface area contributed by atoms with Crippen molar-refractivity contribution in [2.45, 2.75) is 45.2 Å². The van der Waals surface area contributed by atoms with E-state index in [1.807, 2.05) is 20.6 Å². The molecule has 2 fully saturated rings. The summed E-state index contributed by atoms with van der Waals surface area (Å²) in [6, 6.07) is 7.40. The number of piperidine rings is 1. The third-order valence-corrected chi connectivity index (χ3v) is 6.69. The van der Waals surface area contributed by atoms with Crippen LogP contribution in [0.5, 0.6) is 0 Å². The molecule has 34 heavy (non-hydrogen) atoms. The van der Waals surface area contributed by atoms with Gasteiger partial charge in [0.2, 0.25) is 11.8 Å². The standard InChI is InChI=1S/C25H34N6O3/c1-20-5-2-3-10-31(20)24(33)18-28-13-15-30(16-14-28)25(34)21-6-4-7-22(17-21)27-23(32)8-11-29-12-9-26-19-29/h4,6-7,9,12,17,19-20H,2-3,5,8,10-11,13-16,18H2,1H3,(H,27,32). The van der Waals surface area contributed by atoms with E-state index in [9.17, 15) is 14.4 Å². The summed E-state index contributed by atoms with van der Waals surface area (Å²) in [5.74, 6) is 0.0354. The molecule has 0 aliphatic carbocycles. The van der Waals surface area contributed by atoms with E-state index < -0.39 is 0 Å². The normalized spacial score (nSPS) is 19.1. The first-order valence-corrected chi connectivity index (χ1v) is 12.2. The lowest BCUT2D eigenvalue weighted by molar-refractivity contribution is -0.136. The first-order valence-electron chi connectivity index (χ1n) is 12.2. The van der Waals surface area contributed by atoms with Gasteiger partial charge in [-0.2, -0.15) is 0 Å². The molecule has 9 heteroatoms. The Labute approximate surface area is 200 Å². The lowest BCUT2D eigenvalue weighted by Gasteiger charge is -2.38. The monoisotopic (exact) mass is 466 g/mol. The number of aromatic nitrogens is 2. The van der Waals surface area contributed by atoms with Crippen LogP contribution in [0.1, 0.15) is 43.0 Å². The average molecular weight is 467 g/mol. The number of nitrogens with one attached hydrogen (secondary N) is 1. The number of hydrogen-bond acceptors (Lipinski definition) is 5. The summed E-state index contributed by atoms with van der Waals surface area (Å²) in [5.41, 5.74) is 1.17. The van der Waals surface area contributed by atoms with E-state index >= 15 is 0 Å². The quantitative estimate of drug-likeness (QED) is 0.675. The Morgan fingerprint density at radius 3 is 2.65 bits per heavy atom. The first kappa shape index (κ1) is 23.9. The van der Waals surface area contributed by atoms with Crippen molar-refractivity contribution in [1.29, 1.82) is 0 Å². The van der Waals surface area contributed by atoms with Gasteiger partial charge in [-0.05, 0) is 44.4 Å². The van der Waals surface area contributed by atoms with Crippen molar-refractivity contribution in [3.63, 3.8) is 0 Å². The summed E-state index contributed by atoms with van der Waals surface area (Å²) in [6.07, 6.45) is 8.86. The van der Waals surface area contributed by atoms with Crippen LogP contribution in [0.2, 0.25) is 0 Å².